The summed E-state index contributed by atoms with van der Waals surface area (Å²) in [5.74, 6) is -1.12. The average Bonchev–Trinajstić information content (AvgIpc) is 2.81. The number of aromatic nitrogens is 2. The SMILES string of the molecule is CC(C)N1CCOc2c(F)cc(-c3nc(Cc4ccc(OCCN(C)C)c(F)c4)ncc3F)cc21. The Balaban J connectivity index is 1.59. The molecule has 0 amide bonds. The van der Waals surface area contributed by atoms with Crippen LogP contribution < -0.4 is 14.4 Å². The van der Waals surface area contributed by atoms with Gasteiger partial charge in [-0.3, -0.25) is 0 Å². The third-order valence-corrected chi connectivity index (χ3v) is 5.76. The highest BCUT2D eigenvalue weighted by molar-refractivity contribution is 5.72. The first-order valence-corrected chi connectivity index (χ1v) is 11.5. The molecule has 0 saturated heterocycles. The highest BCUT2D eigenvalue weighted by Gasteiger charge is 2.25. The first-order valence-electron chi connectivity index (χ1n) is 11.5. The fraction of sp³-hybridized carbons (Fsp3) is 0.385. The van der Waals surface area contributed by atoms with Gasteiger partial charge >= 0.3 is 0 Å². The number of nitrogens with zero attached hydrogens (tertiary/aromatic N) is 4. The molecule has 1 aromatic heterocycles. The number of hydrogen-bond acceptors (Lipinski definition) is 6. The Morgan fingerprint density at radius 1 is 1.09 bits per heavy atom. The highest BCUT2D eigenvalue weighted by atomic mass is 19.1. The molecule has 0 bridgehead atoms. The summed E-state index contributed by atoms with van der Waals surface area (Å²) in [5, 5.41) is 0. The van der Waals surface area contributed by atoms with Crippen LogP contribution in [-0.4, -0.2) is 61.3 Å². The minimum atomic E-state index is -0.670. The molecule has 9 heteroatoms. The fourth-order valence-electron chi connectivity index (χ4n) is 3.96. The zero-order chi connectivity index (χ0) is 25.1. The van der Waals surface area contributed by atoms with Crippen molar-refractivity contribution in [1.29, 1.82) is 0 Å². The maximum Gasteiger partial charge on any atom is 0.178 e. The summed E-state index contributed by atoms with van der Waals surface area (Å²) in [6.45, 7) is 6.01. The van der Waals surface area contributed by atoms with Gasteiger partial charge in [0.05, 0.1) is 18.4 Å². The molecule has 0 radical (unpaired) electrons. The van der Waals surface area contributed by atoms with Crippen LogP contribution in [0.1, 0.15) is 25.2 Å². The molecule has 0 N–H and O–H groups in total. The van der Waals surface area contributed by atoms with Crippen molar-refractivity contribution in [2.45, 2.75) is 26.3 Å². The summed E-state index contributed by atoms with van der Waals surface area (Å²) in [5.41, 5.74) is 1.44. The second-order valence-corrected chi connectivity index (χ2v) is 9.02. The molecule has 3 aromatic rings. The smallest absolute Gasteiger partial charge is 0.178 e. The largest absolute Gasteiger partial charge is 0.489 e. The van der Waals surface area contributed by atoms with Gasteiger partial charge in [0.15, 0.2) is 29.0 Å². The van der Waals surface area contributed by atoms with Gasteiger partial charge in [0.25, 0.3) is 0 Å². The van der Waals surface area contributed by atoms with Crippen molar-refractivity contribution in [3.05, 3.63) is 65.4 Å². The van der Waals surface area contributed by atoms with Crippen LogP contribution in [0.15, 0.2) is 36.5 Å². The third-order valence-electron chi connectivity index (χ3n) is 5.76. The van der Waals surface area contributed by atoms with E-state index < -0.39 is 17.5 Å². The molecule has 4 rings (SSSR count). The molecule has 2 heterocycles. The molecule has 1 aliphatic heterocycles. The van der Waals surface area contributed by atoms with Gasteiger partial charge in [-0.2, -0.15) is 0 Å². The molecule has 0 spiro atoms. The van der Waals surface area contributed by atoms with E-state index in [4.69, 9.17) is 9.47 Å². The first kappa shape index (κ1) is 24.8. The van der Waals surface area contributed by atoms with Crippen LogP contribution >= 0.6 is 0 Å². The predicted molar refractivity (Wildman–Crippen MR) is 129 cm³/mol. The zero-order valence-electron chi connectivity index (χ0n) is 20.3. The number of anilines is 1. The molecule has 35 heavy (non-hydrogen) atoms. The van der Waals surface area contributed by atoms with E-state index in [1.165, 1.54) is 12.1 Å². The summed E-state index contributed by atoms with van der Waals surface area (Å²) in [6, 6.07) is 7.65. The van der Waals surface area contributed by atoms with Crippen molar-refractivity contribution < 1.29 is 22.6 Å². The zero-order valence-corrected chi connectivity index (χ0v) is 20.3. The lowest BCUT2D eigenvalue weighted by molar-refractivity contribution is 0.252. The number of halogens is 3. The molecule has 0 saturated carbocycles. The molecule has 2 aromatic carbocycles. The van der Waals surface area contributed by atoms with Crippen LogP contribution in [0.5, 0.6) is 11.5 Å². The van der Waals surface area contributed by atoms with Crippen molar-refractivity contribution >= 4 is 5.69 Å². The maximum absolute atomic E-state index is 14.9. The van der Waals surface area contributed by atoms with Crippen LogP contribution in [0.25, 0.3) is 11.3 Å². The van der Waals surface area contributed by atoms with E-state index in [0.717, 1.165) is 6.20 Å². The Morgan fingerprint density at radius 2 is 1.89 bits per heavy atom. The first-order chi connectivity index (χ1) is 16.7. The molecule has 0 unspecified atom stereocenters. The summed E-state index contributed by atoms with van der Waals surface area (Å²) in [4.78, 5) is 12.4. The Morgan fingerprint density at radius 3 is 2.60 bits per heavy atom. The van der Waals surface area contributed by atoms with Gasteiger partial charge in [0.1, 0.15) is 24.7 Å². The van der Waals surface area contributed by atoms with E-state index in [1.54, 1.807) is 18.2 Å². The van der Waals surface area contributed by atoms with Gasteiger partial charge in [0, 0.05) is 24.6 Å². The Hall–Kier alpha value is -3.33. The number of ether oxygens (including phenoxy) is 2. The molecule has 6 nitrogen and oxygen atoms in total. The summed E-state index contributed by atoms with van der Waals surface area (Å²) < 4.78 is 55.1. The second-order valence-electron chi connectivity index (χ2n) is 9.02. The van der Waals surface area contributed by atoms with Gasteiger partial charge in [-0.05, 0) is 57.8 Å². The van der Waals surface area contributed by atoms with Gasteiger partial charge in [-0.1, -0.05) is 6.07 Å². The standard InChI is InChI=1S/C26H29F3N4O2/c1-16(2)33-8-10-35-26-20(28)13-18(14-22(26)33)25-21(29)15-30-24(31-25)12-17-5-6-23(19(27)11-17)34-9-7-32(3)4/h5-6,11,13-16H,7-10,12H2,1-4H3. The second kappa shape index (κ2) is 10.5. The normalized spacial score (nSPS) is 13.2. The van der Waals surface area contributed by atoms with Gasteiger partial charge < -0.3 is 19.3 Å². The monoisotopic (exact) mass is 486 g/mol. The van der Waals surface area contributed by atoms with E-state index in [0.29, 0.717) is 37.6 Å². The van der Waals surface area contributed by atoms with E-state index in [1.807, 2.05) is 37.7 Å². The van der Waals surface area contributed by atoms with Gasteiger partial charge in [-0.15, -0.1) is 0 Å². The van der Waals surface area contributed by atoms with E-state index in [-0.39, 0.29) is 41.0 Å². The number of likely N-dealkylation sites (N-methyl/N-ethyl adjacent to an activating group) is 1. The molecular weight excluding hydrogens is 457 g/mol. The van der Waals surface area contributed by atoms with Crippen LogP contribution in [0.2, 0.25) is 0 Å². The third kappa shape index (κ3) is 5.67. The van der Waals surface area contributed by atoms with E-state index >= 15 is 0 Å². The Bertz CT molecular complexity index is 1200. The van der Waals surface area contributed by atoms with Gasteiger partial charge in [-0.25, -0.2) is 23.1 Å². The summed E-state index contributed by atoms with van der Waals surface area (Å²) >= 11 is 0. The van der Waals surface area contributed by atoms with Crippen LogP contribution in [0.4, 0.5) is 18.9 Å². The lowest BCUT2D eigenvalue weighted by atomic mass is 10.1. The summed E-state index contributed by atoms with van der Waals surface area (Å²) in [6.07, 6.45) is 1.23. The Kier molecular flexibility index (Phi) is 7.45. The topological polar surface area (TPSA) is 50.7 Å². The minimum absolute atomic E-state index is 0.0184. The van der Waals surface area contributed by atoms with Crippen molar-refractivity contribution in [2.75, 3.05) is 45.3 Å². The van der Waals surface area contributed by atoms with Crippen LogP contribution in [-0.2, 0) is 6.42 Å². The molecule has 0 aliphatic carbocycles. The number of fused-ring (bicyclic) bond motifs is 1. The fourth-order valence-corrected chi connectivity index (χ4v) is 3.96. The highest BCUT2D eigenvalue weighted by Crippen LogP contribution is 2.39. The number of benzene rings is 2. The minimum Gasteiger partial charge on any atom is -0.489 e. The van der Waals surface area contributed by atoms with Crippen LogP contribution in [0, 0.1) is 17.5 Å². The van der Waals surface area contributed by atoms with Crippen molar-refractivity contribution in [3.8, 4) is 22.8 Å². The predicted octanol–water partition coefficient (Wildman–Crippen LogP) is 4.70. The molecule has 0 fully saturated rings. The van der Waals surface area contributed by atoms with Crippen molar-refractivity contribution in [2.24, 2.45) is 0 Å². The number of hydrogen-bond donors (Lipinski definition) is 0. The van der Waals surface area contributed by atoms with Gasteiger partial charge in [0.2, 0.25) is 0 Å². The quantitative estimate of drug-likeness (QED) is 0.460. The molecular formula is C26H29F3N4O2. The Labute approximate surface area is 203 Å². The van der Waals surface area contributed by atoms with Crippen molar-refractivity contribution in [1.82, 2.24) is 14.9 Å². The van der Waals surface area contributed by atoms with Crippen molar-refractivity contribution in [3.63, 3.8) is 0 Å². The summed E-state index contributed by atoms with van der Waals surface area (Å²) in [7, 11) is 3.82. The number of rotatable bonds is 8. The van der Waals surface area contributed by atoms with Crippen LogP contribution in [0.3, 0.4) is 0 Å². The lowest BCUT2D eigenvalue weighted by Gasteiger charge is -2.34. The maximum atomic E-state index is 14.9. The van der Waals surface area contributed by atoms with E-state index in [9.17, 15) is 13.2 Å². The molecule has 0 atom stereocenters. The molecule has 186 valence electrons. The average molecular weight is 487 g/mol. The molecule has 1 aliphatic rings. The lowest BCUT2D eigenvalue weighted by Crippen LogP contribution is -2.38. The van der Waals surface area contributed by atoms with E-state index in [2.05, 4.69) is 9.97 Å².